The molecule has 0 saturated carbocycles. The molecule has 0 spiro atoms. The summed E-state index contributed by atoms with van der Waals surface area (Å²) in [6, 6.07) is 11.5. The number of hydrogen-bond acceptors (Lipinski definition) is 4. The molecular weight excluding hydrogens is 412 g/mol. The zero-order valence-corrected chi connectivity index (χ0v) is 16.9. The lowest BCUT2D eigenvalue weighted by Crippen LogP contribution is -2.17. The highest BCUT2D eigenvalue weighted by atomic mass is 19.4. The maximum absolute atomic E-state index is 13.4. The zero-order chi connectivity index (χ0) is 22.3. The highest BCUT2D eigenvalue weighted by Gasteiger charge is 2.31. The van der Waals surface area contributed by atoms with E-state index in [2.05, 4.69) is 20.0 Å². The van der Waals surface area contributed by atoms with Crippen LogP contribution in [0.4, 0.5) is 29.1 Å². The number of anilines is 2. The molecule has 0 fully saturated rings. The molecule has 0 saturated heterocycles. The van der Waals surface area contributed by atoms with Crippen molar-refractivity contribution in [2.45, 2.75) is 27.1 Å². The van der Waals surface area contributed by atoms with Crippen LogP contribution in [0.15, 0.2) is 48.5 Å². The number of hydrogen-bond donors (Lipinski definition) is 1. The van der Waals surface area contributed by atoms with Crippen molar-refractivity contribution in [1.29, 1.82) is 0 Å². The standard InChI is InChI=1S/C22H18F4N4O/c1-12-13(2)30(17-8-4-15(23)5-9-17)21-19(12)20(27-14(3)28-21)29-16-6-10-18(11-7-16)31-22(24,25)26/h4-11H,1-3H3,(H,27,28,29). The molecule has 9 heteroatoms. The highest BCUT2D eigenvalue weighted by Crippen LogP contribution is 2.34. The Morgan fingerprint density at radius 1 is 0.903 bits per heavy atom. The van der Waals surface area contributed by atoms with Crippen molar-refractivity contribution in [3.8, 4) is 11.4 Å². The molecule has 2 heterocycles. The largest absolute Gasteiger partial charge is 0.573 e. The zero-order valence-electron chi connectivity index (χ0n) is 16.9. The van der Waals surface area contributed by atoms with Crippen molar-refractivity contribution in [3.63, 3.8) is 0 Å². The quantitative estimate of drug-likeness (QED) is 0.396. The summed E-state index contributed by atoms with van der Waals surface area (Å²) >= 11 is 0. The molecule has 0 radical (unpaired) electrons. The van der Waals surface area contributed by atoms with Gasteiger partial charge in [-0.3, -0.25) is 4.57 Å². The maximum Gasteiger partial charge on any atom is 0.573 e. The molecule has 4 aromatic rings. The minimum atomic E-state index is -4.75. The average Bonchev–Trinajstić information content (AvgIpc) is 2.93. The summed E-state index contributed by atoms with van der Waals surface area (Å²) in [6.45, 7) is 5.61. The van der Waals surface area contributed by atoms with E-state index in [0.29, 0.717) is 23.0 Å². The van der Waals surface area contributed by atoms with Gasteiger partial charge in [0.1, 0.15) is 23.2 Å². The number of alkyl halides is 3. The summed E-state index contributed by atoms with van der Waals surface area (Å²) in [6.07, 6.45) is -4.75. The summed E-state index contributed by atoms with van der Waals surface area (Å²) in [5.41, 5.74) is 3.79. The Bertz CT molecular complexity index is 1250. The number of rotatable bonds is 4. The first-order valence-electron chi connectivity index (χ1n) is 9.37. The number of ether oxygens (including phenoxy) is 1. The van der Waals surface area contributed by atoms with E-state index in [1.807, 2.05) is 18.4 Å². The molecule has 2 aromatic heterocycles. The second kappa shape index (κ2) is 7.57. The van der Waals surface area contributed by atoms with Gasteiger partial charge < -0.3 is 10.1 Å². The van der Waals surface area contributed by atoms with Crippen LogP contribution in [0.1, 0.15) is 17.1 Å². The van der Waals surface area contributed by atoms with Crippen LogP contribution in [0.3, 0.4) is 0 Å². The predicted molar refractivity (Wildman–Crippen MR) is 109 cm³/mol. The molecule has 0 aliphatic rings. The first-order chi connectivity index (χ1) is 14.6. The topological polar surface area (TPSA) is 52.0 Å². The van der Waals surface area contributed by atoms with E-state index in [0.717, 1.165) is 22.3 Å². The van der Waals surface area contributed by atoms with Gasteiger partial charge in [0.25, 0.3) is 0 Å². The maximum atomic E-state index is 13.4. The van der Waals surface area contributed by atoms with E-state index in [4.69, 9.17) is 0 Å². The van der Waals surface area contributed by atoms with Gasteiger partial charge in [0.15, 0.2) is 5.65 Å². The van der Waals surface area contributed by atoms with Crippen molar-refractivity contribution in [3.05, 3.63) is 71.4 Å². The summed E-state index contributed by atoms with van der Waals surface area (Å²) < 4.78 is 56.4. The monoisotopic (exact) mass is 430 g/mol. The minimum Gasteiger partial charge on any atom is -0.406 e. The number of nitrogens with one attached hydrogen (secondary N) is 1. The van der Waals surface area contributed by atoms with Crippen LogP contribution in [-0.2, 0) is 0 Å². The lowest BCUT2D eigenvalue weighted by Gasteiger charge is -2.12. The molecule has 0 atom stereocenters. The Kier molecular flexibility index (Phi) is 5.04. The lowest BCUT2D eigenvalue weighted by atomic mass is 10.2. The van der Waals surface area contributed by atoms with Gasteiger partial charge in [0.05, 0.1) is 5.39 Å². The molecule has 4 rings (SSSR count). The number of benzene rings is 2. The molecular formula is C22H18F4N4O. The van der Waals surface area contributed by atoms with Crippen LogP contribution in [0, 0.1) is 26.6 Å². The normalized spacial score (nSPS) is 11.7. The second-order valence-electron chi connectivity index (χ2n) is 7.04. The second-order valence-corrected chi connectivity index (χ2v) is 7.04. The molecule has 0 unspecified atom stereocenters. The van der Waals surface area contributed by atoms with Crippen molar-refractivity contribution in [2.75, 3.05) is 5.32 Å². The van der Waals surface area contributed by atoms with E-state index in [1.54, 1.807) is 19.1 Å². The Morgan fingerprint density at radius 3 is 2.16 bits per heavy atom. The SMILES string of the molecule is Cc1nc(Nc2ccc(OC(F)(F)F)cc2)c2c(C)c(C)n(-c3ccc(F)cc3)c2n1. The third-order valence-electron chi connectivity index (χ3n) is 4.90. The van der Waals surface area contributed by atoms with Gasteiger partial charge in [-0.2, -0.15) is 0 Å². The van der Waals surface area contributed by atoms with E-state index in [9.17, 15) is 17.6 Å². The van der Waals surface area contributed by atoms with Gasteiger partial charge >= 0.3 is 6.36 Å². The molecule has 0 amide bonds. The molecule has 160 valence electrons. The van der Waals surface area contributed by atoms with E-state index in [-0.39, 0.29) is 11.6 Å². The fraction of sp³-hybridized carbons (Fsp3) is 0.182. The van der Waals surface area contributed by atoms with Crippen molar-refractivity contribution in [2.24, 2.45) is 0 Å². The molecule has 1 N–H and O–H groups in total. The van der Waals surface area contributed by atoms with Gasteiger partial charge in [0, 0.05) is 17.1 Å². The third-order valence-corrected chi connectivity index (χ3v) is 4.90. The molecule has 0 bridgehead atoms. The van der Waals surface area contributed by atoms with Crippen LogP contribution in [0.2, 0.25) is 0 Å². The first kappa shape index (κ1) is 20.6. The smallest absolute Gasteiger partial charge is 0.406 e. The number of nitrogens with zero attached hydrogens (tertiary/aromatic N) is 3. The van der Waals surface area contributed by atoms with Crippen LogP contribution in [0.5, 0.6) is 5.75 Å². The Labute approximate surface area is 175 Å². The number of halogens is 4. The highest BCUT2D eigenvalue weighted by molar-refractivity contribution is 5.94. The number of aryl methyl sites for hydroxylation is 2. The van der Waals surface area contributed by atoms with Gasteiger partial charge in [-0.1, -0.05) is 0 Å². The first-order valence-corrected chi connectivity index (χ1v) is 9.37. The molecule has 0 aliphatic carbocycles. The molecule has 2 aromatic carbocycles. The molecule has 31 heavy (non-hydrogen) atoms. The van der Waals surface area contributed by atoms with Crippen LogP contribution in [0.25, 0.3) is 16.7 Å². The van der Waals surface area contributed by atoms with Gasteiger partial charge in [0.2, 0.25) is 0 Å². The van der Waals surface area contributed by atoms with E-state index in [1.165, 1.54) is 36.4 Å². The average molecular weight is 430 g/mol. The van der Waals surface area contributed by atoms with Crippen molar-refractivity contribution < 1.29 is 22.3 Å². The van der Waals surface area contributed by atoms with Crippen molar-refractivity contribution >= 4 is 22.5 Å². The van der Waals surface area contributed by atoms with Crippen LogP contribution >= 0.6 is 0 Å². The van der Waals surface area contributed by atoms with Gasteiger partial charge in [-0.15, -0.1) is 13.2 Å². The molecule has 5 nitrogen and oxygen atoms in total. The summed E-state index contributed by atoms with van der Waals surface area (Å²) in [5, 5.41) is 3.93. The third kappa shape index (κ3) is 4.16. The van der Waals surface area contributed by atoms with E-state index < -0.39 is 6.36 Å². The van der Waals surface area contributed by atoms with Gasteiger partial charge in [-0.05, 0) is 74.9 Å². The summed E-state index contributed by atoms with van der Waals surface area (Å²) in [7, 11) is 0. The Hall–Kier alpha value is -3.62. The molecule has 0 aliphatic heterocycles. The minimum absolute atomic E-state index is 0.309. The number of fused-ring (bicyclic) bond motifs is 1. The number of aromatic nitrogens is 3. The predicted octanol–water partition coefficient (Wildman–Crippen LogP) is 6.13. The summed E-state index contributed by atoms with van der Waals surface area (Å²) in [5.74, 6) is 0.388. The Morgan fingerprint density at radius 2 is 1.55 bits per heavy atom. The van der Waals surface area contributed by atoms with Crippen LogP contribution < -0.4 is 10.1 Å². The fourth-order valence-electron chi connectivity index (χ4n) is 3.45. The van der Waals surface area contributed by atoms with Gasteiger partial charge in [-0.25, -0.2) is 14.4 Å². The fourth-order valence-corrected chi connectivity index (χ4v) is 3.45. The summed E-state index contributed by atoms with van der Waals surface area (Å²) in [4.78, 5) is 9.08. The van der Waals surface area contributed by atoms with E-state index >= 15 is 0 Å². The van der Waals surface area contributed by atoms with Crippen LogP contribution in [-0.4, -0.2) is 20.9 Å². The Balaban J connectivity index is 1.77. The van der Waals surface area contributed by atoms with Crippen molar-refractivity contribution in [1.82, 2.24) is 14.5 Å². The lowest BCUT2D eigenvalue weighted by molar-refractivity contribution is -0.274.